The van der Waals surface area contributed by atoms with Gasteiger partial charge in [0.1, 0.15) is 5.92 Å². The lowest BCUT2D eigenvalue weighted by Gasteiger charge is -2.15. The van der Waals surface area contributed by atoms with Crippen molar-refractivity contribution in [3.05, 3.63) is 35.9 Å². The van der Waals surface area contributed by atoms with Crippen LogP contribution in [-0.4, -0.2) is 18.4 Å². The van der Waals surface area contributed by atoms with E-state index in [4.69, 9.17) is 5.84 Å². The second-order valence-electron chi connectivity index (χ2n) is 3.75. The number of nitrogens with two attached hydrogens (primary N) is 1. The van der Waals surface area contributed by atoms with Crippen LogP contribution in [-0.2, 0) is 9.59 Å². The molecule has 1 fully saturated rings. The highest BCUT2D eigenvalue weighted by atomic mass is 16.2. The number of amides is 2. The first kappa shape index (κ1) is 10.6. The van der Waals surface area contributed by atoms with Crippen molar-refractivity contribution in [3.8, 4) is 0 Å². The number of hydrogen-bond donors (Lipinski definition) is 3. The Morgan fingerprint density at radius 2 is 2.06 bits per heavy atom. The van der Waals surface area contributed by atoms with Crippen LogP contribution in [0.3, 0.4) is 0 Å². The normalized spacial score (nSPS) is 23.9. The fourth-order valence-electron chi connectivity index (χ4n) is 2.02. The van der Waals surface area contributed by atoms with Gasteiger partial charge in [0.05, 0.1) is 0 Å². The summed E-state index contributed by atoms with van der Waals surface area (Å²) in [6.45, 7) is 0.473. The smallest absolute Gasteiger partial charge is 0.247 e. The highest BCUT2D eigenvalue weighted by Gasteiger charge is 2.40. The molecule has 4 N–H and O–H groups in total. The number of rotatable bonds is 2. The van der Waals surface area contributed by atoms with Crippen molar-refractivity contribution in [3.63, 3.8) is 0 Å². The Balaban J connectivity index is 2.28. The maximum absolute atomic E-state index is 11.5. The van der Waals surface area contributed by atoms with Crippen LogP contribution in [0.4, 0.5) is 0 Å². The van der Waals surface area contributed by atoms with Crippen molar-refractivity contribution in [1.82, 2.24) is 10.7 Å². The molecule has 2 amide bonds. The molecular weight excluding hydrogens is 206 g/mol. The first-order chi connectivity index (χ1) is 7.74. The predicted octanol–water partition coefficient (Wildman–Crippen LogP) is -0.494. The van der Waals surface area contributed by atoms with E-state index >= 15 is 0 Å². The van der Waals surface area contributed by atoms with Gasteiger partial charge in [-0.3, -0.25) is 15.0 Å². The molecule has 5 nitrogen and oxygen atoms in total. The van der Waals surface area contributed by atoms with E-state index < -0.39 is 11.8 Å². The second-order valence-corrected chi connectivity index (χ2v) is 3.75. The molecular formula is C11H13N3O2. The zero-order valence-electron chi connectivity index (χ0n) is 8.64. The summed E-state index contributed by atoms with van der Waals surface area (Å²) in [5, 5.41) is 2.68. The molecule has 0 aliphatic carbocycles. The van der Waals surface area contributed by atoms with Crippen molar-refractivity contribution in [2.24, 2.45) is 11.8 Å². The molecule has 5 heteroatoms. The number of hydrazine groups is 1. The van der Waals surface area contributed by atoms with Gasteiger partial charge in [0.2, 0.25) is 11.8 Å². The molecule has 1 heterocycles. The van der Waals surface area contributed by atoms with Gasteiger partial charge in [-0.1, -0.05) is 30.3 Å². The van der Waals surface area contributed by atoms with Crippen molar-refractivity contribution < 1.29 is 9.59 Å². The topological polar surface area (TPSA) is 84.2 Å². The first-order valence-corrected chi connectivity index (χ1v) is 5.07. The average molecular weight is 219 g/mol. The van der Waals surface area contributed by atoms with Crippen molar-refractivity contribution in [1.29, 1.82) is 0 Å². The molecule has 2 rings (SSSR count). The predicted molar refractivity (Wildman–Crippen MR) is 58.0 cm³/mol. The monoisotopic (exact) mass is 219 g/mol. The zero-order valence-corrected chi connectivity index (χ0v) is 8.64. The van der Waals surface area contributed by atoms with Gasteiger partial charge in [0.25, 0.3) is 0 Å². The lowest BCUT2D eigenvalue weighted by atomic mass is 9.88. The highest BCUT2D eigenvalue weighted by molar-refractivity contribution is 6.02. The third kappa shape index (κ3) is 1.77. The van der Waals surface area contributed by atoms with Gasteiger partial charge in [-0.25, -0.2) is 5.84 Å². The van der Waals surface area contributed by atoms with Crippen LogP contribution < -0.4 is 16.6 Å². The Morgan fingerprint density at radius 3 is 2.69 bits per heavy atom. The molecule has 0 bridgehead atoms. The summed E-state index contributed by atoms with van der Waals surface area (Å²) in [6, 6.07) is 9.47. The van der Waals surface area contributed by atoms with Gasteiger partial charge in [-0.05, 0) is 5.56 Å². The summed E-state index contributed by atoms with van der Waals surface area (Å²) in [7, 11) is 0. The molecule has 0 saturated carbocycles. The Morgan fingerprint density at radius 1 is 1.38 bits per heavy atom. The van der Waals surface area contributed by atoms with Crippen LogP contribution in [0.5, 0.6) is 0 Å². The van der Waals surface area contributed by atoms with E-state index in [0.717, 1.165) is 5.56 Å². The largest absolute Gasteiger partial charge is 0.355 e. The van der Waals surface area contributed by atoms with E-state index in [1.54, 1.807) is 0 Å². The molecule has 2 atom stereocenters. The Kier molecular flexibility index (Phi) is 2.87. The van der Waals surface area contributed by atoms with Crippen molar-refractivity contribution in [2.45, 2.75) is 5.92 Å². The van der Waals surface area contributed by atoms with Gasteiger partial charge in [0, 0.05) is 12.5 Å². The van der Waals surface area contributed by atoms with E-state index in [-0.39, 0.29) is 11.8 Å². The second kappa shape index (κ2) is 4.32. The summed E-state index contributed by atoms with van der Waals surface area (Å²) in [5.74, 6) is 3.50. The number of carbonyl (C=O) groups is 2. The minimum atomic E-state index is -0.729. The van der Waals surface area contributed by atoms with Crippen LogP contribution >= 0.6 is 0 Å². The molecule has 1 aromatic carbocycles. The SMILES string of the molecule is NNC(=O)[C@@H]1C(=O)NC[C@@H]1c1ccccc1. The van der Waals surface area contributed by atoms with E-state index in [0.29, 0.717) is 6.54 Å². The third-order valence-electron chi connectivity index (χ3n) is 2.83. The quantitative estimate of drug-likeness (QED) is 0.271. The van der Waals surface area contributed by atoms with Gasteiger partial charge in [-0.15, -0.1) is 0 Å². The van der Waals surface area contributed by atoms with E-state index in [9.17, 15) is 9.59 Å². The Hall–Kier alpha value is -1.88. The average Bonchev–Trinajstić information content (AvgIpc) is 2.71. The lowest BCUT2D eigenvalue weighted by molar-refractivity contribution is -0.133. The van der Waals surface area contributed by atoms with Gasteiger partial charge in [-0.2, -0.15) is 0 Å². The Bertz CT molecular complexity index is 405. The van der Waals surface area contributed by atoms with Crippen LogP contribution in [0, 0.1) is 5.92 Å². The summed E-state index contributed by atoms with van der Waals surface area (Å²) < 4.78 is 0. The molecule has 0 unspecified atom stereocenters. The van der Waals surface area contributed by atoms with Crippen molar-refractivity contribution >= 4 is 11.8 Å². The molecule has 0 radical (unpaired) electrons. The standard InChI is InChI=1S/C11H13N3O2/c12-14-11(16)9-8(6-13-10(9)15)7-4-2-1-3-5-7/h1-5,8-9H,6,12H2,(H,13,15)(H,14,16)/t8-,9+/m1/s1. The molecule has 1 aliphatic heterocycles. The number of hydrogen-bond acceptors (Lipinski definition) is 3. The maximum atomic E-state index is 11.5. The fourth-order valence-corrected chi connectivity index (χ4v) is 2.02. The van der Waals surface area contributed by atoms with E-state index in [2.05, 4.69) is 5.32 Å². The van der Waals surface area contributed by atoms with Crippen LogP contribution in [0.15, 0.2) is 30.3 Å². The van der Waals surface area contributed by atoms with Crippen LogP contribution in [0.2, 0.25) is 0 Å². The highest BCUT2D eigenvalue weighted by Crippen LogP contribution is 2.28. The number of benzene rings is 1. The fraction of sp³-hybridized carbons (Fsp3) is 0.273. The van der Waals surface area contributed by atoms with Crippen LogP contribution in [0.25, 0.3) is 0 Å². The van der Waals surface area contributed by atoms with E-state index in [1.807, 2.05) is 35.8 Å². The minimum Gasteiger partial charge on any atom is -0.355 e. The summed E-state index contributed by atoms with van der Waals surface area (Å²) in [6.07, 6.45) is 0. The third-order valence-corrected chi connectivity index (χ3v) is 2.83. The van der Waals surface area contributed by atoms with E-state index in [1.165, 1.54) is 0 Å². The van der Waals surface area contributed by atoms with Gasteiger partial charge >= 0.3 is 0 Å². The molecule has 1 saturated heterocycles. The maximum Gasteiger partial charge on any atom is 0.247 e. The van der Waals surface area contributed by atoms with Crippen molar-refractivity contribution in [2.75, 3.05) is 6.54 Å². The molecule has 1 aromatic rings. The zero-order chi connectivity index (χ0) is 11.5. The summed E-state index contributed by atoms with van der Waals surface area (Å²) in [4.78, 5) is 23.0. The van der Waals surface area contributed by atoms with Crippen LogP contribution in [0.1, 0.15) is 11.5 Å². The lowest BCUT2D eigenvalue weighted by Crippen LogP contribution is -2.40. The molecule has 1 aliphatic rings. The summed E-state index contributed by atoms with van der Waals surface area (Å²) in [5.41, 5.74) is 3.00. The Labute approximate surface area is 93.0 Å². The van der Waals surface area contributed by atoms with Gasteiger partial charge < -0.3 is 5.32 Å². The molecule has 16 heavy (non-hydrogen) atoms. The molecule has 0 spiro atoms. The molecule has 84 valence electrons. The van der Waals surface area contributed by atoms with Gasteiger partial charge in [0.15, 0.2) is 0 Å². The number of nitrogens with one attached hydrogen (secondary N) is 2. The first-order valence-electron chi connectivity index (χ1n) is 5.07. The summed E-state index contributed by atoms with van der Waals surface area (Å²) >= 11 is 0. The number of carbonyl (C=O) groups excluding carboxylic acids is 2. The minimum absolute atomic E-state index is 0.141. The molecule has 0 aromatic heterocycles.